The molecule has 2 aliphatic heterocycles. The Hall–Kier alpha value is -0.840. The smallest absolute Gasteiger partial charge is 0.191 e. The van der Waals surface area contributed by atoms with Crippen molar-refractivity contribution in [2.45, 2.75) is 25.3 Å². The Kier molecular flexibility index (Phi) is 10.8. The number of hydrogen-bond donors (Lipinski definition) is 2. The zero-order chi connectivity index (χ0) is 19.8. The maximum absolute atomic E-state index is 6.28. The van der Waals surface area contributed by atoms with Crippen molar-refractivity contribution in [2.75, 3.05) is 71.4 Å². The molecule has 0 radical (unpaired) electrons. The Balaban J connectivity index is 0.00000300. The van der Waals surface area contributed by atoms with Gasteiger partial charge >= 0.3 is 0 Å². The van der Waals surface area contributed by atoms with E-state index in [9.17, 15) is 0 Å². The SMILES string of the molecule is CN=C(NCCCN1CCCN(C)CC1)NC1CCN(c2ncccc2Cl)C1.I. The van der Waals surface area contributed by atoms with Crippen molar-refractivity contribution < 1.29 is 0 Å². The average Bonchev–Trinajstić information content (AvgIpc) is 3.06. The van der Waals surface area contributed by atoms with Crippen LogP contribution in [0, 0.1) is 0 Å². The third-order valence-corrected chi connectivity index (χ3v) is 5.84. The van der Waals surface area contributed by atoms with Crippen molar-refractivity contribution in [2.24, 2.45) is 4.99 Å². The predicted octanol–water partition coefficient (Wildman–Crippen LogP) is 2.12. The fraction of sp³-hybridized carbons (Fsp3) is 0.700. The monoisotopic (exact) mass is 535 g/mol. The Bertz CT molecular complexity index is 645. The van der Waals surface area contributed by atoms with Crippen molar-refractivity contribution in [1.29, 1.82) is 0 Å². The third kappa shape index (κ3) is 7.73. The highest BCUT2D eigenvalue weighted by atomic mass is 127. The first kappa shape index (κ1) is 24.4. The molecule has 0 aromatic carbocycles. The van der Waals surface area contributed by atoms with Gasteiger partial charge in [-0.25, -0.2) is 4.98 Å². The van der Waals surface area contributed by atoms with E-state index in [0.29, 0.717) is 11.1 Å². The summed E-state index contributed by atoms with van der Waals surface area (Å²) in [5.41, 5.74) is 0. The molecule has 0 saturated carbocycles. The molecule has 29 heavy (non-hydrogen) atoms. The molecular formula is C20H35ClIN7. The lowest BCUT2D eigenvalue weighted by atomic mass is 10.3. The third-order valence-electron chi connectivity index (χ3n) is 5.55. The van der Waals surface area contributed by atoms with Gasteiger partial charge in [0.25, 0.3) is 0 Å². The number of hydrogen-bond acceptors (Lipinski definition) is 5. The fourth-order valence-electron chi connectivity index (χ4n) is 3.90. The van der Waals surface area contributed by atoms with Crippen LogP contribution in [0.2, 0.25) is 5.02 Å². The van der Waals surface area contributed by atoms with E-state index in [1.165, 1.54) is 32.6 Å². The van der Waals surface area contributed by atoms with Crippen LogP contribution in [0.15, 0.2) is 23.3 Å². The number of aromatic nitrogens is 1. The van der Waals surface area contributed by atoms with Crippen LogP contribution in [0.5, 0.6) is 0 Å². The lowest BCUT2D eigenvalue weighted by Gasteiger charge is -2.22. The van der Waals surface area contributed by atoms with Crippen molar-refractivity contribution >= 4 is 47.4 Å². The van der Waals surface area contributed by atoms with Gasteiger partial charge in [-0.1, -0.05) is 11.6 Å². The van der Waals surface area contributed by atoms with Gasteiger partial charge in [-0.15, -0.1) is 24.0 Å². The molecule has 3 heterocycles. The molecule has 1 aromatic heterocycles. The summed E-state index contributed by atoms with van der Waals surface area (Å²) in [6.45, 7) is 8.71. The van der Waals surface area contributed by atoms with Crippen LogP contribution >= 0.6 is 35.6 Å². The molecule has 0 aliphatic carbocycles. The van der Waals surface area contributed by atoms with E-state index in [1.54, 1.807) is 6.20 Å². The molecule has 3 rings (SSSR count). The van der Waals surface area contributed by atoms with Crippen LogP contribution in [0.3, 0.4) is 0 Å². The normalized spacial score (nSPS) is 21.6. The van der Waals surface area contributed by atoms with Gasteiger partial charge in [-0.3, -0.25) is 4.99 Å². The van der Waals surface area contributed by atoms with Crippen molar-refractivity contribution in [3.8, 4) is 0 Å². The molecule has 2 fully saturated rings. The van der Waals surface area contributed by atoms with Gasteiger partial charge in [-0.2, -0.15) is 0 Å². The molecule has 7 nitrogen and oxygen atoms in total. The van der Waals surface area contributed by atoms with E-state index in [0.717, 1.165) is 50.8 Å². The quantitative estimate of drug-likeness (QED) is 0.252. The number of halogens is 2. The van der Waals surface area contributed by atoms with Crippen LogP contribution in [0.4, 0.5) is 5.82 Å². The summed E-state index contributed by atoms with van der Waals surface area (Å²) in [4.78, 5) is 16.1. The van der Waals surface area contributed by atoms with Crippen LogP contribution in [-0.2, 0) is 0 Å². The second kappa shape index (κ2) is 12.8. The maximum Gasteiger partial charge on any atom is 0.191 e. The van der Waals surface area contributed by atoms with Crippen molar-refractivity contribution in [3.63, 3.8) is 0 Å². The van der Waals surface area contributed by atoms with E-state index >= 15 is 0 Å². The summed E-state index contributed by atoms with van der Waals surface area (Å²) in [6, 6.07) is 4.12. The topological polar surface area (TPSA) is 59.0 Å². The maximum atomic E-state index is 6.28. The Morgan fingerprint density at radius 1 is 1.28 bits per heavy atom. The molecule has 2 saturated heterocycles. The molecule has 1 unspecified atom stereocenters. The predicted molar refractivity (Wildman–Crippen MR) is 133 cm³/mol. The van der Waals surface area contributed by atoms with E-state index in [1.807, 2.05) is 19.2 Å². The minimum Gasteiger partial charge on any atom is -0.356 e. The zero-order valence-electron chi connectivity index (χ0n) is 17.6. The molecule has 2 N–H and O–H groups in total. The molecular weight excluding hydrogens is 501 g/mol. The number of pyridine rings is 1. The number of likely N-dealkylation sites (N-methyl/N-ethyl adjacent to an activating group) is 1. The summed E-state index contributed by atoms with van der Waals surface area (Å²) in [7, 11) is 4.05. The second-order valence-electron chi connectivity index (χ2n) is 7.74. The van der Waals surface area contributed by atoms with Gasteiger partial charge in [0.15, 0.2) is 5.96 Å². The summed E-state index contributed by atoms with van der Waals surface area (Å²) < 4.78 is 0. The number of nitrogens with one attached hydrogen (secondary N) is 2. The first-order valence-corrected chi connectivity index (χ1v) is 10.8. The number of anilines is 1. The number of guanidine groups is 1. The fourth-order valence-corrected chi connectivity index (χ4v) is 4.14. The Morgan fingerprint density at radius 3 is 2.93 bits per heavy atom. The van der Waals surface area contributed by atoms with Crippen LogP contribution in [0.1, 0.15) is 19.3 Å². The molecule has 1 atom stereocenters. The summed E-state index contributed by atoms with van der Waals surface area (Å²) in [5, 5.41) is 7.73. The number of aliphatic imine (C=N–C) groups is 1. The first-order chi connectivity index (χ1) is 13.7. The minimum absolute atomic E-state index is 0. The lowest BCUT2D eigenvalue weighted by Crippen LogP contribution is -2.45. The molecule has 9 heteroatoms. The molecule has 0 amide bonds. The van der Waals surface area contributed by atoms with E-state index in [4.69, 9.17) is 11.6 Å². The molecule has 0 bridgehead atoms. The summed E-state index contributed by atoms with van der Waals surface area (Å²) in [6.07, 6.45) is 5.25. The second-order valence-corrected chi connectivity index (χ2v) is 8.14. The Labute approximate surface area is 197 Å². The van der Waals surface area contributed by atoms with Gasteiger partial charge in [0.2, 0.25) is 0 Å². The van der Waals surface area contributed by atoms with Gasteiger partial charge in [-0.05, 0) is 58.1 Å². The highest BCUT2D eigenvalue weighted by Crippen LogP contribution is 2.25. The van der Waals surface area contributed by atoms with E-state index in [2.05, 4.69) is 42.4 Å². The lowest BCUT2D eigenvalue weighted by molar-refractivity contribution is 0.274. The van der Waals surface area contributed by atoms with E-state index < -0.39 is 0 Å². The summed E-state index contributed by atoms with van der Waals surface area (Å²) in [5.74, 6) is 1.76. The first-order valence-electron chi connectivity index (χ1n) is 10.4. The minimum atomic E-state index is 0. The van der Waals surface area contributed by atoms with E-state index in [-0.39, 0.29) is 24.0 Å². The standard InChI is InChI=1S/C20H34ClN7.HI/c1-22-20(24-9-4-11-27-12-5-10-26(2)14-15-27)25-17-7-13-28(16-17)19-18(21)6-3-8-23-19;/h3,6,8,17H,4-5,7,9-16H2,1-2H3,(H2,22,24,25);1H. The van der Waals surface area contributed by atoms with Crippen molar-refractivity contribution in [3.05, 3.63) is 23.4 Å². The van der Waals surface area contributed by atoms with Gasteiger partial charge < -0.3 is 25.3 Å². The molecule has 0 spiro atoms. The molecule has 1 aromatic rings. The zero-order valence-corrected chi connectivity index (χ0v) is 20.7. The highest BCUT2D eigenvalue weighted by molar-refractivity contribution is 14.0. The van der Waals surface area contributed by atoms with Crippen LogP contribution < -0.4 is 15.5 Å². The Morgan fingerprint density at radius 2 is 2.14 bits per heavy atom. The number of nitrogens with zero attached hydrogens (tertiary/aromatic N) is 5. The molecule has 2 aliphatic rings. The summed E-state index contributed by atoms with van der Waals surface area (Å²) >= 11 is 6.28. The largest absolute Gasteiger partial charge is 0.356 e. The van der Waals surface area contributed by atoms with Gasteiger partial charge in [0, 0.05) is 52.0 Å². The highest BCUT2D eigenvalue weighted by Gasteiger charge is 2.25. The number of rotatable bonds is 6. The molecule has 164 valence electrons. The van der Waals surface area contributed by atoms with Gasteiger partial charge in [0.05, 0.1) is 5.02 Å². The van der Waals surface area contributed by atoms with Crippen LogP contribution in [0.25, 0.3) is 0 Å². The van der Waals surface area contributed by atoms with Crippen molar-refractivity contribution in [1.82, 2.24) is 25.4 Å². The van der Waals surface area contributed by atoms with Crippen LogP contribution in [-0.4, -0.2) is 93.2 Å². The average molecular weight is 536 g/mol. The van der Waals surface area contributed by atoms with Gasteiger partial charge in [0.1, 0.15) is 5.82 Å².